The van der Waals surface area contributed by atoms with E-state index < -0.39 is 12.1 Å². The Morgan fingerprint density at radius 2 is 2.18 bits per heavy atom. The zero-order valence-electron chi connectivity index (χ0n) is 13.1. The summed E-state index contributed by atoms with van der Waals surface area (Å²) >= 11 is 0. The molecule has 1 aromatic heterocycles. The summed E-state index contributed by atoms with van der Waals surface area (Å²) in [6.07, 6.45) is -0.600. The van der Waals surface area contributed by atoms with Crippen LogP contribution in [0.1, 0.15) is 24.3 Å². The van der Waals surface area contributed by atoms with Crippen LogP contribution in [0.25, 0.3) is 10.9 Å². The van der Waals surface area contributed by atoms with Crippen LogP contribution in [0.3, 0.4) is 0 Å². The number of H-pyrrole nitrogens is 1. The molecule has 0 radical (unpaired) electrons. The summed E-state index contributed by atoms with van der Waals surface area (Å²) in [7, 11) is 1.34. The fourth-order valence-electron chi connectivity index (χ4n) is 2.09. The molecule has 0 spiro atoms. The number of hydrogen-bond donors (Lipinski definition) is 3. The average Bonchev–Trinajstić information content (AvgIpc) is 2.94. The number of rotatable bonds is 7. The minimum absolute atomic E-state index is 0.178. The zero-order chi connectivity index (χ0) is 16.1. The zero-order valence-corrected chi connectivity index (χ0v) is 13.1. The van der Waals surface area contributed by atoms with E-state index in [1.54, 1.807) is 12.1 Å². The van der Waals surface area contributed by atoms with Crippen LogP contribution in [0, 0.1) is 0 Å². The lowest BCUT2D eigenvalue weighted by atomic mass is 10.2. The fraction of sp³-hybridized carbons (Fsp3) is 0.438. The molecule has 0 bridgehead atoms. The lowest BCUT2D eigenvalue weighted by molar-refractivity contribution is 0.0595. The quantitative estimate of drug-likeness (QED) is 0.678. The molecule has 3 N–H and O–H groups in total. The molecular weight excluding hydrogens is 284 g/mol. The van der Waals surface area contributed by atoms with Crippen LogP contribution in [-0.4, -0.2) is 48.5 Å². The molecule has 0 aliphatic carbocycles. The Hall–Kier alpha value is -2.05. The Morgan fingerprint density at radius 1 is 1.41 bits per heavy atom. The molecule has 1 atom stereocenters. The number of benzene rings is 1. The lowest BCUT2D eigenvalue weighted by Gasteiger charge is -2.15. The monoisotopic (exact) mass is 306 g/mol. The molecule has 6 nitrogen and oxygen atoms in total. The Labute approximate surface area is 129 Å². The van der Waals surface area contributed by atoms with E-state index in [0.717, 1.165) is 10.9 Å². The third-order valence-corrected chi connectivity index (χ3v) is 3.22. The Kier molecular flexibility index (Phi) is 5.41. The first-order valence-electron chi connectivity index (χ1n) is 7.25. The van der Waals surface area contributed by atoms with E-state index in [2.05, 4.69) is 10.3 Å². The first-order valence-corrected chi connectivity index (χ1v) is 7.25. The van der Waals surface area contributed by atoms with Gasteiger partial charge in [-0.25, -0.2) is 4.79 Å². The van der Waals surface area contributed by atoms with Gasteiger partial charge in [-0.1, -0.05) is 19.9 Å². The molecule has 1 unspecified atom stereocenters. The number of carbonyl (C=O) groups is 1. The molecule has 0 fully saturated rings. The lowest BCUT2D eigenvalue weighted by Crippen LogP contribution is -2.35. The van der Waals surface area contributed by atoms with Gasteiger partial charge in [0.15, 0.2) is 0 Å². The van der Waals surface area contributed by atoms with Gasteiger partial charge >= 0.3 is 5.97 Å². The summed E-state index contributed by atoms with van der Waals surface area (Å²) in [5, 5.41) is 13.8. The van der Waals surface area contributed by atoms with Crippen molar-refractivity contribution in [2.24, 2.45) is 0 Å². The highest BCUT2D eigenvalue weighted by molar-refractivity contribution is 5.97. The maximum absolute atomic E-state index is 11.6. The maximum Gasteiger partial charge on any atom is 0.354 e. The van der Waals surface area contributed by atoms with Crippen molar-refractivity contribution in [3.63, 3.8) is 0 Å². The summed E-state index contributed by atoms with van der Waals surface area (Å²) in [4.78, 5) is 14.6. The first kappa shape index (κ1) is 16.3. The molecule has 22 heavy (non-hydrogen) atoms. The van der Waals surface area contributed by atoms with Crippen molar-refractivity contribution >= 4 is 16.9 Å². The van der Waals surface area contributed by atoms with E-state index in [-0.39, 0.29) is 6.61 Å². The van der Waals surface area contributed by atoms with Gasteiger partial charge in [0.05, 0.1) is 7.11 Å². The molecule has 1 aromatic carbocycles. The van der Waals surface area contributed by atoms with E-state index in [1.807, 2.05) is 26.0 Å². The number of esters is 1. The number of carbonyl (C=O) groups excluding carboxylic acids is 1. The Morgan fingerprint density at radius 3 is 2.86 bits per heavy atom. The van der Waals surface area contributed by atoms with Crippen molar-refractivity contribution in [1.82, 2.24) is 10.3 Å². The second-order valence-corrected chi connectivity index (χ2v) is 5.42. The van der Waals surface area contributed by atoms with Gasteiger partial charge in [-0.3, -0.25) is 0 Å². The van der Waals surface area contributed by atoms with Crippen LogP contribution in [0.15, 0.2) is 24.3 Å². The highest BCUT2D eigenvalue weighted by Gasteiger charge is 2.13. The Balaban J connectivity index is 2.07. The average molecular weight is 306 g/mol. The molecule has 2 rings (SSSR count). The third-order valence-electron chi connectivity index (χ3n) is 3.22. The molecule has 0 aliphatic rings. The van der Waals surface area contributed by atoms with Crippen molar-refractivity contribution in [1.29, 1.82) is 0 Å². The Bertz CT molecular complexity index is 636. The number of methoxy groups -OCH3 is 1. The topological polar surface area (TPSA) is 83.6 Å². The van der Waals surface area contributed by atoms with Crippen LogP contribution >= 0.6 is 0 Å². The van der Waals surface area contributed by atoms with Crippen molar-refractivity contribution in [3.05, 3.63) is 30.0 Å². The third kappa shape index (κ3) is 3.99. The fourth-order valence-corrected chi connectivity index (χ4v) is 2.09. The summed E-state index contributed by atoms with van der Waals surface area (Å²) in [6.45, 7) is 4.68. The first-order chi connectivity index (χ1) is 10.5. The molecule has 120 valence electrons. The van der Waals surface area contributed by atoms with Crippen LogP contribution in [0.5, 0.6) is 5.75 Å². The van der Waals surface area contributed by atoms with Gasteiger partial charge in [-0.2, -0.15) is 0 Å². The number of aliphatic hydroxyl groups excluding tert-OH is 1. The van der Waals surface area contributed by atoms with E-state index in [4.69, 9.17) is 9.47 Å². The second kappa shape index (κ2) is 7.29. The van der Waals surface area contributed by atoms with Crippen LogP contribution in [0.2, 0.25) is 0 Å². The van der Waals surface area contributed by atoms with Crippen molar-refractivity contribution in [3.8, 4) is 5.75 Å². The smallest absolute Gasteiger partial charge is 0.354 e. The predicted molar refractivity (Wildman–Crippen MR) is 84.3 cm³/mol. The maximum atomic E-state index is 11.6. The van der Waals surface area contributed by atoms with E-state index in [9.17, 15) is 9.90 Å². The number of nitrogens with one attached hydrogen (secondary N) is 2. The van der Waals surface area contributed by atoms with Gasteiger partial charge < -0.3 is 24.9 Å². The van der Waals surface area contributed by atoms with Gasteiger partial charge in [0, 0.05) is 23.5 Å². The van der Waals surface area contributed by atoms with E-state index in [1.165, 1.54) is 7.11 Å². The number of hydrogen-bond acceptors (Lipinski definition) is 5. The van der Waals surface area contributed by atoms with Gasteiger partial charge in [0.1, 0.15) is 24.2 Å². The normalized spacial score (nSPS) is 12.6. The van der Waals surface area contributed by atoms with E-state index in [0.29, 0.717) is 24.0 Å². The number of fused-ring (bicyclic) bond motifs is 1. The minimum Gasteiger partial charge on any atom is -0.490 e. The number of aliphatic hydroxyl groups is 1. The van der Waals surface area contributed by atoms with Gasteiger partial charge in [0.2, 0.25) is 0 Å². The second-order valence-electron chi connectivity index (χ2n) is 5.42. The number of aromatic amines is 1. The van der Waals surface area contributed by atoms with E-state index >= 15 is 0 Å². The van der Waals surface area contributed by atoms with Gasteiger partial charge in [0.25, 0.3) is 0 Å². The number of aromatic nitrogens is 1. The summed E-state index contributed by atoms with van der Waals surface area (Å²) in [5.74, 6) is 0.191. The molecular formula is C16H22N2O4. The summed E-state index contributed by atoms with van der Waals surface area (Å²) in [6, 6.07) is 7.49. The molecule has 0 aliphatic heterocycles. The molecule has 6 heteroatoms. The molecule has 0 saturated carbocycles. The molecule has 0 amide bonds. The largest absolute Gasteiger partial charge is 0.490 e. The van der Waals surface area contributed by atoms with Gasteiger partial charge in [-0.15, -0.1) is 0 Å². The standard InChI is InChI=1S/C16H22N2O4/c1-10(2)17-8-11(19)9-22-15-6-4-5-13-12(15)7-14(18-13)16(20)21-3/h4-7,10-11,17-19H,8-9H2,1-3H3. The van der Waals surface area contributed by atoms with Crippen molar-refractivity contribution in [2.75, 3.05) is 20.3 Å². The molecule has 2 aromatic rings. The predicted octanol–water partition coefficient (Wildman–Crippen LogP) is 1.69. The summed E-state index contributed by atoms with van der Waals surface area (Å²) in [5.41, 5.74) is 1.16. The highest BCUT2D eigenvalue weighted by atomic mass is 16.5. The highest BCUT2D eigenvalue weighted by Crippen LogP contribution is 2.26. The number of ether oxygens (including phenoxy) is 2. The summed E-state index contributed by atoms with van der Waals surface area (Å²) < 4.78 is 10.4. The molecule has 1 heterocycles. The van der Waals surface area contributed by atoms with Crippen LogP contribution in [0.4, 0.5) is 0 Å². The van der Waals surface area contributed by atoms with Crippen molar-refractivity contribution < 1.29 is 19.4 Å². The van der Waals surface area contributed by atoms with Crippen LogP contribution in [-0.2, 0) is 4.74 Å². The van der Waals surface area contributed by atoms with Crippen molar-refractivity contribution in [2.45, 2.75) is 26.0 Å². The minimum atomic E-state index is -0.600. The van der Waals surface area contributed by atoms with Crippen LogP contribution < -0.4 is 10.1 Å². The molecule has 0 saturated heterocycles. The van der Waals surface area contributed by atoms with Gasteiger partial charge in [-0.05, 0) is 18.2 Å². The SMILES string of the molecule is COC(=O)c1cc2c(OCC(O)CNC(C)C)cccc2[nH]1.